The van der Waals surface area contributed by atoms with E-state index in [0.29, 0.717) is 6.42 Å². The molecule has 0 radical (unpaired) electrons. The van der Waals surface area contributed by atoms with E-state index in [2.05, 4.69) is 5.32 Å². The van der Waals surface area contributed by atoms with Crippen molar-refractivity contribution < 1.29 is 9.59 Å². The van der Waals surface area contributed by atoms with Crippen molar-refractivity contribution in [2.75, 3.05) is 18.4 Å². The van der Waals surface area contributed by atoms with Crippen LogP contribution in [0.15, 0.2) is 18.2 Å². The molecule has 1 aliphatic heterocycles. The molecular weight excluding hydrogens is 240 g/mol. The number of nitrogens with one attached hydrogen (secondary N) is 1. The standard InChI is InChI=1S/C15H20N2O2/c1-3-14(18)16-12-6-7-13(11(2)10-12)15(19)17-8-4-5-9-17/h6-7,10H,3-5,8-9H2,1-2H3,(H,16,18). The van der Waals surface area contributed by atoms with Crippen molar-refractivity contribution in [2.24, 2.45) is 0 Å². The summed E-state index contributed by atoms with van der Waals surface area (Å²) in [5.41, 5.74) is 2.39. The molecule has 1 fully saturated rings. The largest absolute Gasteiger partial charge is 0.339 e. The van der Waals surface area contributed by atoms with Gasteiger partial charge in [0.25, 0.3) is 5.91 Å². The lowest BCUT2D eigenvalue weighted by Gasteiger charge is -2.17. The molecule has 0 aromatic heterocycles. The van der Waals surface area contributed by atoms with Gasteiger partial charge >= 0.3 is 0 Å². The molecule has 0 aliphatic carbocycles. The molecule has 1 heterocycles. The molecule has 0 atom stereocenters. The third kappa shape index (κ3) is 3.13. The van der Waals surface area contributed by atoms with Crippen LogP contribution in [0.5, 0.6) is 0 Å². The Labute approximate surface area is 113 Å². The van der Waals surface area contributed by atoms with E-state index >= 15 is 0 Å². The molecule has 1 aliphatic rings. The highest BCUT2D eigenvalue weighted by Crippen LogP contribution is 2.19. The fourth-order valence-electron chi connectivity index (χ4n) is 2.32. The summed E-state index contributed by atoms with van der Waals surface area (Å²) in [6.45, 7) is 5.43. The van der Waals surface area contributed by atoms with Crippen LogP contribution >= 0.6 is 0 Å². The highest BCUT2D eigenvalue weighted by atomic mass is 16.2. The molecule has 2 rings (SSSR count). The third-order valence-electron chi connectivity index (χ3n) is 3.45. The average Bonchev–Trinajstić information content (AvgIpc) is 2.92. The number of carbonyl (C=O) groups is 2. The lowest BCUT2D eigenvalue weighted by atomic mass is 10.1. The summed E-state index contributed by atoms with van der Waals surface area (Å²) in [7, 11) is 0. The minimum atomic E-state index is -0.0157. The van der Waals surface area contributed by atoms with Crippen LogP contribution in [0, 0.1) is 6.92 Å². The van der Waals surface area contributed by atoms with Crippen molar-refractivity contribution in [2.45, 2.75) is 33.1 Å². The second-order valence-corrected chi connectivity index (χ2v) is 4.93. The van der Waals surface area contributed by atoms with Gasteiger partial charge < -0.3 is 10.2 Å². The molecule has 0 saturated carbocycles. The van der Waals surface area contributed by atoms with Gasteiger partial charge in [-0.3, -0.25) is 9.59 Å². The van der Waals surface area contributed by atoms with Crippen LogP contribution in [0.3, 0.4) is 0 Å². The first kappa shape index (κ1) is 13.6. The number of aryl methyl sites for hydroxylation is 1. The van der Waals surface area contributed by atoms with Gasteiger partial charge in [0, 0.05) is 30.8 Å². The second kappa shape index (κ2) is 5.87. The molecule has 102 valence electrons. The first-order valence-electron chi connectivity index (χ1n) is 6.81. The lowest BCUT2D eigenvalue weighted by Crippen LogP contribution is -2.28. The molecule has 0 bridgehead atoms. The summed E-state index contributed by atoms with van der Waals surface area (Å²) in [5, 5.41) is 2.80. The minimum Gasteiger partial charge on any atom is -0.339 e. The molecule has 1 aromatic carbocycles. The van der Waals surface area contributed by atoms with E-state index in [1.807, 2.05) is 24.8 Å². The fourth-order valence-corrected chi connectivity index (χ4v) is 2.32. The number of anilines is 1. The summed E-state index contributed by atoms with van der Waals surface area (Å²) in [4.78, 5) is 25.5. The Hall–Kier alpha value is -1.84. The maximum Gasteiger partial charge on any atom is 0.254 e. The van der Waals surface area contributed by atoms with Gasteiger partial charge in [-0.2, -0.15) is 0 Å². The molecule has 0 spiro atoms. The van der Waals surface area contributed by atoms with Crippen LogP contribution in [-0.4, -0.2) is 29.8 Å². The van der Waals surface area contributed by atoms with Gasteiger partial charge in [0.05, 0.1) is 0 Å². The van der Waals surface area contributed by atoms with Crippen LogP contribution in [0.2, 0.25) is 0 Å². The van der Waals surface area contributed by atoms with Gasteiger partial charge in [-0.1, -0.05) is 6.92 Å². The van der Waals surface area contributed by atoms with Crippen LogP contribution < -0.4 is 5.32 Å². The van der Waals surface area contributed by atoms with E-state index < -0.39 is 0 Å². The van der Waals surface area contributed by atoms with Crippen LogP contribution in [0.1, 0.15) is 42.1 Å². The van der Waals surface area contributed by atoms with Gasteiger partial charge in [0.2, 0.25) is 5.91 Å². The van der Waals surface area contributed by atoms with Gasteiger partial charge in [-0.25, -0.2) is 0 Å². The molecule has 1 aromatic rings. The van der Waals surface area contributed by atoms with Crippen LogP contribution in [-0.2, 0) is 4.79 Å². The minimum absolute atomic E-state index is 0.0157. The number of hydrogen-bond acceptors (Lipinski definition) is 2. The van der Waals surface area contributed by atoms with E-state index in [0.717, 1.165) is 42.7 Å². The SMILES string of the molecule is CCC(=O)Nc1ccc(C(=O)N2CCCC2)c(C)c1. The Morgan fingerprint density at radius 2 is 1.95 bits per heavy atom. The predicted molar refractivity (Wildman–Crippen MR) is 75.2 cm³/mol. The van der Waals surface area contributed by atoms with Crippen molar-refractivity contribution in [1.82, 2.24) is 4.90 Å². The van der Waals surface area contributed by atoms with Crippen molar-refractivity contribution in [3.05, 3.63) is 29.3 Å². The Kier molecular flexibility index (Phi) is 4.20. The number of nitrogens with zero attached hydrogens (tertiary/aromatic N) is 1. The van der Waals surface area contributed by atoms with Gasteiger partial charge in [0.15, 0.2) is 0 Å². The number of benzene rings is 1. The number of carbonyl (C=O) groups excluding carboxylic acids is 2. The summed E-state index contributed by atoms with van der Waals surface area (Å²) in [5.74, 6) is 0.0846. The van der Waals surface area contributed by atoms with E-state index in [9.17, 15) is 9.59 Å². The van der Waals surface area contributed by atoms with Gasteiger partial charge in [0.1, 0.15) is 0 Å². The monoisotopic (exact) mass is 260 g/mol. The predicted octanol–water partition coefficient (Wildman–Crippen LogP) is 2.58. The average molecular weight is 260 g/mol. The Bertz CT molecular complexity index is 491. The zero-order valence-corrected chi connectivity index (χ0v) is 11.5. The number of hydrogen-bond donors (Lipinski definition) is 1. The fraction of sp³-hybridized carbons (Fsp3) is 0.467. The zero-order chi connectivity index (χ0) is 13.8. The van der Waals surface area contributed by atoms with Crippen molar-refractivity contribution in [3.63, 3.8) is 0 Å². The molecule has 19 heavy (non-hydrogen) atoms. The van der Waals surface area contributed by atoms with E-state index in [1.54, 1.807) is 12.1 Å². The summed E-state index contributed by atoms with van der Waals surface area (Å²) >= 11 is 0. The number of amides is 2. The highest BCUT2D eigenvalue weighted by Gasteiger charge is 2.20. The van der Waals surface area contributed by atoms with E-state index in [1.165, 1.54) is 0 Å². The topological polar surface area (TPSA) is 49.4 Å². The maximum absolute atomic E-state index is 12.3. The van der Waals surface area contributed by atoms with E-state index in [-0.39, 0.29) is 11.8 Å². The lowest BCUT2D eigenvalue weighted by molar-refractivity contribution is -0.115. The van der Waals surface area contributed by atoms with Crippen molar-refractivity contribution >= 4 is 17.5 Å². The number of rotatable bonds is 3. The van der Waals surface area contributed by atoms with E-state index in [4.69, 9.17) is 0 Å². The molecular formula is C15H20N2O2. The molecule has 2 amide bonds. The normalized spacial score (nSPS) is 14.5. The van der Waals surface area contributed by atoms with Gasteiger partial charge in [-0.05, 0) is 43.5 Å². The van der Waals surface area contributed by atoms with Crippen molar-refractivity contribution in [1.29, 1.82) is 0 Å². The molecule has 4 nitrogen and oxygen atoms in total. The highest BCUT2D eigenvalue weighted by molar-refractivity contribution is 5.97. The first-order chi connectivity index (χ1) is 9.11. The van der Waals surface area contributed by atoms with Gasteiger partial charge in [-0.15, -0.1) is 0 Å². The Morgan fingerprint density at radius 1 is 1.26 bits per heavy atom. The molecule has 1 saturated heterocycles. The molecule has 0 unspecified atom stereocenters. The summed E-state index contributed by atoms with van der Waals surface area (Å²) < 4.78 is 0. The maximum atomic E-state index is 12.3. The summed E-state index contributed by atoms with van der Waals surface area (Å²) in [6, 6.07) is 5.46. The third-order valence-corrected chi connectivity index (χ3v) is 3.45. The number of likely N-dealkylation sites (tertiary alicyclic amines) is 1. The first-order valence-corrected chi connectivity index (χ1v) is 6.81. The summed E-state index contributed by atoms with van der Waals surface area (Å²) in [6.07, 6.45) is 2.64. The zero-order valence-electron chi connectivity index (χ0n) is 11.5. The van der Waals surface area contributed by atoms with Crippen LogP contribution in [0.4, 0.5) is 5.69 Å². The smallest absolute Gasteiger partial charge is 0.254 e. The van der Waals surface area contributed by atoms with Crippen LogP contribution in [0.25, 0.3) is 0 Å². The van der Waals surface area contributed by atoms with Crippen molar-refractivity contribution in [3.8, 4) is 0 Å². The molecule has 1 N–H and O–H groups in total. The second-order valence-electron chi connectivity index (χ2n) is 4.93. The Morgan fingerprint density at radius 3 is 2.53 bits per heavy atom. The quantitative estimate of drug-likeness (QED) is 0.908. The molecule has 4 heteroatoms. The Balaban J connectivity index is 2.14.